The third kappa shape index (κ3) is 11.2. The van der Waals surface area contributed by atoms with Crippen molar-refractivity contribution >= 4 is 33.6 Å². The van der Waals surface area contributed by atoms with Crippen LogP contribution in [0.2, 0.25) is 0 Å². The van der Waals surface area contributed by atoms with Gasteiger partial charge in [-0.1, -0.05) is 150 Å². The normalized spacial score (nSPS) is 34.5. The van der Waals surface area contributed by atoms with Crippen molar-refractivity contribution in [1.29, 1.82) is 0 Å². The fourth-order valence-corrected chi connectivity index (χ4v) is 25.5. The summed E-state index contributed by atoms with van der Waals surface area (Å²) >= 11 is 0. The molecule has 14 nitrogen and oxygen atoms in total. The highest BCUT2D eigenvalue weighted by atomic mass is 33.1. The summed E-state index contributed by atoms with van der Waals surface area (Å²) in [6.45, 7) is 1.25. The van der Waals surface area contributed by atoms with Crippen molar-refractivity contribution in [1.82, 2.24) is 16.0 Å². The van der Waals surface area contributed by atoms with E-state index < -0.39 is 59.2 Å². The first-order valence-corrected chi connectivity index (χ1v) is 40.3. The van der Waals surface area contributed by atoms with Crippen LogP contribution in [0.25, 0.3) is 17.2 Å². The molecule has 5 aromatic carbocycles. The van der Waals surface area contributed by atoms with Crippen LogP contribution in [-0.2, 0) is 57.3 Å². The van der Waals surface area contributed by atoms with Crippen molar-refractivity contribution in [3.8, 4) is 63.6 Å². The maximum atomic E-state index is 14.4. The maximum absolute atomic E-state index is 14.4. The summed E-state index contributed by atoms with van der Waals surface area (Å²) in [6, 6.07) is 25.9. The Balaban J connectivity index is 0.986. The molecule has 9 N–H and O–H groups in total. The van der Waals surface area contributed by atoms with E-state index in [1.54, 1.807) is 13.2 Å². The number of rotatable bonds is 9. The van der Waals surface area contributed by atoms with Gasteiger partial charge in [0, 0.05) is 119 Å². The number of fused-ring (bicyclic) bond motifs is 12. The van der Waals surface area contributed by atoms with Gasteiger partial charge in [-0.25, -0.2) is 0 Å². The van der Waals surface area contributed by atoms with Crippen LogP contribution in [0.5, 0.6) is 28.7 Å². The third-order valence-electron chi connectivity index (χ3n) is 26.5. The first-order chi connectivity index (χ1) is 49.8. The lowest BCUT2D eigenvalue weighted by molar-refractivity contribution is -0.141. The molecule has 13 aliphatic rings. The topological polar surface area (TPSA) is 206 Å². The first-order valence-electron chi connectivity index (χ1n) is 37.9. The van der Waals surface area contributed by atoms with Crippen molar-refractivity contribution < 1.29 is 48.9 Å². The first kappa shape index (κ1) is 66.8. The van der Waals surface area contributed by atoms with Gasteiger partial charge in [-0.05, 0) is 170 Å². The summed E-state index contributed by atoms with van der Waals surface area (Å²) in [5.74, 6) is 16.4. The van der Waals surface area contributed by atoms with Crippen molar-refractivity contribution in [2.24, 2.45) is 46.7 Å². The summed E-state index contributed by atoms with van der Waals surface area (Å²) < 4.78 is 35.3. The molecule has 12 bridgehead atoms. The van der Waals surface area contributed by atoms with E-state index in [1.165, 1.54) is 35.6 Å². The van der Waals surface area contributed by atoms with E-state index in [-0.39, 0.29) is 84.2 Å². The number of nitrogens with two attached hydrogens (primary N) is 1. The van der Waals surface area contributed by atoms with Crippen LogP contribution >= 0.6 is 21.6 Å². The molecule has 3 saturated carbocycles. The van der Waals surface area contributed by atoms with Gasteiger partial charge < -0.3 is 65.8 Å². The zero-order chi connectivity index (χ0) is 69.2. The van der Waals surface area contributed by atoms with E-state index in [0.717, 1.165) is 134 Å². The van der Waals surface area contributed by atoms with E-state index in [9.17, 15) is 25.2 Å². The number of ether oxygens (including phenoxy) is 5. The van der Waals surface area contributed by atoms with E-state index in [0.29, 0.717) is 65.7 Å². The fourth-order valence-electron chi connectivity index (χ4n) is 22.3. The van der Waals surface area contributed by atoms with Crippen molar-refractivity contribution in [3.05, 3.63) is 176 Å². The molecule has 16 heteroatoms. The molecule has 0 amide bonds. The third-order valence-corrected chi connectivity index (χ3v) is 29.5. The quantitative estimate of drug-likeness (QED) is 0.0227. The molecule has 0 aromatic heterocycles. The lowest BCUT2D eigenvalue weighted by Crippen LogP contribution is -2.55. The van der Waals surface area contributed by atoms with E-state index >= 15 is 0 Å². The fraction of sp³-hybridized carbons (Fsp3) is 0.500. The molecule has 1 unspecified atom stereocenters. The predicted octanol–water partition coefficient (Wildman–Crippen LogP) is 13.1. The lowest BCUT2D eigenvalue weighted by atomic mass is 9.44. The van der Waals surface area contributed by atoms with Gasteiger partial charge in [-0.3, -0.25) is 4.79 Å². The molecule has 0 radical (unpaired) electrons. The summed E-state index contributed by atoms with van der Waals surface area (Å²) in [5, 5.41) is 61.2. The Morgan fingerprint density at radius 3 is 2.62 bits per heavy atom. The number of allylic oxidation sites excluding steroid dienone is 5. The van der Waals surface area contributed by atoms with Crippen LogP contribution in [0, 0.1) is 64.6 Å². The van der Waals surface area contributed by atoms with Gasteiger partial charge in [0.1, 0.15) is 42.0 Å². The molecule has 102 heavy (non-hydrogen) atoms. The van der Waals surface area contributed by atoms with Gasteiger partial charge >= 0.3 is 5.97 Å². The molecule has 4 fully saturated rings. The second kappa shape index (κ2) is 26.8. The number of esters is 1. The number of aliphatic hydroxyl groups is 2. The predicted molar refractivity (Wildman–Crippen MR) is 399 cm³/mol. The molecule has 18 atom stereocenters. The van der Waals surface area contributed by atoms with Gasteiger partial charge in [0.05, 0.1) is 35.7 Å². The number of phenolic OH excluding ortho intramolecular Hbond substituents is 2. The second-order valence-electron chi connectivity index (χ2n) is 32.0. The van der Waals surface area contributed by atoms with Crippen LogP contribution in [0.15, 0.2) is 114 Å². The number of carbonyl (C=O) groups excluding carboxylic acids is 1. The largest absolute Gasteiger partial charge is 0.508 e. The highest BCUT2D eigenvalue weighted by molar-refractivity contribution is 8.77. The monoisotopic (exact) mass is 1410 g/mol. The summed E-state index contributed by atoms with van der Waals surface area (Å²) in [4.78, 5) is 13.8. The number of aromatic hydroxyl groups is 2. The zero-order valence-corrected chi connectivity index (χ0v) is 60.1. The average molecular weight is 1410 g/mol. The minimum atomic E-state index is -0.912. The Bertz CT molecular complexity index is 4450. The highest BCUT2D eigenvalue weighted by Gasteiger charge is 2.65. The van der Waals surface area contributed by atoms with Crippen molar-refractivity contribution in [3.63, 3.8) is 0 Å². The number of methoxy groups -OCH3 is 1. The van der Waals surface area contributed by atoms with Gasteiger partial charge in [0.25, 0.3) is 0 Å². The minimum Gasteiger partial charge on any atom is -0.508 e. The Hall–Kier alpha value is -7.09. The van der Waals surface area contributed by atoms with Gasteiger partial charge in [0.2, 0.25) is 0 Å². The highest BCUT2D eigenvalue weighted by Crippen LogP contribution is 2.72. The Morgan fingerprint density at radius 1 is 0.853 bits per heavy atom. The van der Waals surface area contributed by atoms with Gasteiger partial charge in [0.15, 0.2) is 18.3 Å². The van der Waals surface area contributed by atoms with Crippen molar-refractivity contribution in [2.45, 2.75) is 187 Å². The number of hydrogen-bond acceptors (Lipinski definition) is 16. The van der Waals surface area contributed by atoms with E-state index in [2.05, 4.69) is 137 Å². The molecule has 1 saturated heterocycles. The van der Waals surface area contributed by atoms with E-state index in [1.807, 2.05) is 27.7 Å². The number of phenols is 2. The molecule has 3 spiro atoms. The average Bonchev–Trinajstić information content (AvgIpc) is 1.43. The number of hydrogen-bond donors (Lipinski definition) is 8. The molecule has 530 valence electrons. The molecule has 7 aliphatic carbocycles. The van der Waals surface area contributed by atoms with Crippen LogP contribution in [0.1, 0.15) is 170 Å². The molecule has 6 aliphatic heterocycles. The van der Waals surface area contributed by atoms with Crippen LogP contribution in [0.4, 0.5) is 0 Å². The zero-order valence-electron chi connectivity index (χ0n) is 58.4. The van der Waals surface area contributed by atoms with Crippen molar-refractivity contribution in [2.75, 3.05) is 39.5 Å². The van der Waals surface area contributed by atoms with Gasteiger partial charge in [-0.15, -0.1) is 0 Å². The van der Waals surface area contributed by atoms with Crippen LogP contribution in [-0.4, -0.2) is 102 Å². The number of nitrogens with one attached hydrogen (secondary N) is 3. The standard InChI is InChI=1S/C86H94N4O10S2/c1-48(93)97-44-67-60-22-23-62-74-55(38-59(94)39-71(74)98-47-92)40-85-33-32-84(46-85)31-29-56-14-6-7-30-86(56)57-21-19-51-13-9-16-68-65(42-91)66(43-96-2)53(36-54(51)37-57)18-17-52(20-26-69-61(83(84)86)25-28-73(87)90-69)75-64(41-88-68)78(95)81-63(76(75)79(67)99-80(60)77(62)85)24-27-70-82(100-81)72(35-49-10-4-3-5-11-49)102-101-45-50-12-8-15-58(34-50)89-70/h3-5,10-11,19,21-25,27-29,31,37-39,50,52-53,56,58,65-68,70,72-73,79,82-83,88-92,94-95H,6-9,12-16,30,32-36,40-47,87H2,1-2H3/t50-,52-,53-,56+,58+,65-,66-,67+,68+,70-,72-,73?,79+,82+,83+,84+,85+,86+/m1/s1. The molecule has 5 aromatic rings. The molecular weight excluding hydrogens is 1310 g/mol. The van der Waals surface area contributed by atoms with Crippen LogP contribution in [0.3, 0.4) is 0 Å². The Labute approximate surface area is 607 Å². The van der Waals surface area contributed by atoms with Crippen LogP contribution < -0.4 is 35.9 Å². The second-order valence-corrected chi connectivity index (χ2v) is 34.7. The Morgan fingerprint density at radius 2 is 1.75 bits per heavy atom. The smallest absolute Gasteiger partial charge is 0.302 e. The number of aliphatic hydroxyl groups excluding tert-OH is 2. The maximum Gasteiger partial charge on any atom is 0.302 e. The number of dihydropyridines is 1. The number of aryl methyl sites for hydroxylation is 1. The van der Waals surface area contributed by atoms with E-state index in [4.69, 9.17) is 29.4 Å². The minimum absolute atomic E-state index is 0.0000247. The molecular formula is C86H94N4O10S2. The number of benzene rings is 5. The molecule has 18 rings (SSSR count). The lowest BCUT2D eigenvalue weighted by Gasteiger charge is -2.59. The molecule has 6 heterocycles. The summed E-state index contributed by atoms with van der Waals surface area (Å²) in [5.41, 5.74) is 20.0. The SMILES string of the molecule is COC[C@H]1[C@@H](CO)[C@@H]2CCCc3ccc4cc3C[C@H]1C#C[C@@H]1C#CC3=C(C=CC(N)N3)[C@H]3[C@@]5(C=C[C@@H]6CCCC[C@@]463)CC[C@]3(Cc4cc(O)cc(OCO)c4-c4ccc6c(c43)O[C@H](c3c4c(c(O)c(c31)CN2)O[C@H]1[C@@H](C=C4)N[C@H]2CCC[C@@H](CSS[C@@H]1Cc1ccccc1)C2)[C@H]6COC(C)=O)C5. The Kier molecular flexibility index (Phi) is 17.6. The number of carbonyl (C=O) groups is 1. The summed E-state index contributed by atoms with van der Waals surface area (Å²) in [6.07, 6.45) is 27.5. The van der Waals surface area contributed by atoms with Gasteiger partial charge in [-0.2, -0.15) is 0 Å². The summed E-state index contributed by atoms with van der Waals surface area (Å²) in [7, 11) is 5.63.